The van der Waals surface area contributed by atoms with Crippen LogP contribution in [0.25, 0.3) is 0 Å². The Morgan fingerprint density at radius 2 is 1.61 bits per heavy atom. The number of hydrogen-bond acceptors (Lipinski definition) is 5. The quantitative estimate of drug-likeness (QED) is 0.853. The third kappa shape index (κ3) is 7.88. The summed E-state index contributed by atoms with van der Waals surface area (Å²) in [6.07, 6.45) is 4.46. The average Bonchev–Trinajstić information content (AvgIpc) is 2.57. The second-order valence-corrected chi connectivity index (χ2v) is 6.29. The summed E-state index contributed by atoms with van der Waals surface area (Å²) in [4.78, 5) is 9.52. The van der Waals surface area contributed by atoms with Crippen molar-refractivity contribution in [2.75, 3.05) is 58.9 Å². The molecule has 0 spiro atoms. The smallest absolute Gasteiger partial charge is 0.0543 e. The SMILES string of the molecule is CCCCN1CCNCCN(Cc2ccccn2)CCNCC1. The molecular formula is C18H33N5. The number of nitrogens with one attached hydrogen (secondary N) is 2. The van der Waals surface area contributed by atoms with Crippen LogP contribution in [0.15, 0.2) is 24.4 Å². The molecule has 0 radical (unpaired) electrons. The molecule has 0 bridgehead atoms. The standard InChI is InChI=1S/C18H33N5/c1-2-3-12-22-13-8-19-10-15-23(16-11-20-9-14-22)17-18-6-4-5-7-21-18/h4-7,19-20H,2-3,8-17H2,1H3. The normalized spacial score (nSPS) is 19.9. The zero-order chi connectivity index (χ0) is 16.2. The summed E-state index contributed by atoms with van der Waals surface area (Å²) < 4.78 is 0. The van der Waals surface area contributed by atoms with Gasteiger partial charge >= 0.3 is 0 Å². The maximum atomic E-state index is 4.45. The molecule has 1 aliphatic heterocycles. The highest BCUT2D eigenvalue weighted by molar-refractivity contribution is 5.03. The summed E-state index contributed by atoms with van der Waals surface area (Å²) in [6.45, 7) is 13.2. The number of rotatable bonds is 5. The van der Waals surface area contributed by atoms with E-state index in [1.165, 1.54) is 19.4 Å². The molecule has 1 fully saturated rings. The van der Waals surface area contributed by atoms with Crippen LogP contribution in [0.3, 0.4) is 0 Å². The number of pyridine rings is 1. The van der Waals surface area contributed by atoms with Crippen molar-refractivity contribution < 1.29 is 0 Å². The van der Waals surface area contributed by atoms with Gasteiger partial charge in [-0.05, 0) is 25.1 Å². The zero-order valence-electron chi connectivity index (χ0n) is 14.6. The summed E-state index contributed by atoms with van der Waals surface area (Å²) in [5, 5.41) is 7.20. The highest BCUT2D eigenvalue weighted by Crippen LogP contribution is 2.00. The molecule has 23 heavy (non-hydrogen) atoms. The van der Waals surface area contributed by atoms with Crippen LogP contribution < -0.4 is 10.6 Å². The number of unbranched alkanes of at least 4 members (excludes halogenated alkanes) is 1. The van der Waals surface area contributed by atoms with Crippen molar-refractivity contribution in [1.82, 2.24) is 25.4 Å². The lowest BCUT2D eigenvalue weighted by Crippen LogP contribution is -2.43. The van der Waals surface area contributed by atoms with Crippen molar-refractivity contribution in [3.63, 3.8) is 0 Å². The van der Waals surface area contributed by atoms with E-state index in [9.17, 15) is 0 Å². The number of hydrogen-bond donors (Lipinski definition) is 2. The number of aromatic nitrogens is 1. The monoisotopic (exact) mass is 319 g/mol. The molecule has 2 N–H and O–H groups in total. The maximum Gasteiger partial charge on any atom is 0.0543 e. The topological polar surface area (TPSA) is 43.4 Å². The van der Waals surface area contributed by atoms with E-state index in [-0.39, 0.29) is 0 Å². The minimum absolute atomic E-state index is 0.937. The van der Waals surface area contributed by atoms with Gasteiger partial charge in [-0.2, -0.15) is 0 Å². The van der Waals surface area contributed by atoms with Gasteiger partial charge in [0.15, 0.2) is 0 Å². The van der Waals surface area contributed by atoms with Gasteiger partial charge in [-0.3, -0.25) is 9.88 Å². The summed E-state index contributed by atoms with van der Waals surface area (Å²) in [5.41, 5.74) is 1.16. The van der Waals surface area contributed by atoms with Crippen molar-refractivity contribution in [3.05, 3.63) is 30.1 Å². The first-order valence-corrected chi connectivity index (χ1v) is 9.14. The summed E-state index contributed by atoms with van der Waals surface area (Å²) in [7, 11) is 0. The minimum Gasteiger partial charge on any atom is -0.314 e. The van der Waals surface area contributed by atoms with E-state index in [1.807, 2.05) is 12.3 Å². The Balaban J connectivity index is 1.76. The zero-order valence-corrected chi connectivity index (χ0v) is 14.6. The molecule has 1 aliphatic rings. The lowest BCUT2D eigenvalue weighted by atomic mass is 10.3. The van der Waals surface area contributed by atoms with Crippen LogP contribution >= 0.6 is 0 Å². The van der Waals surface area contributed by atoms with Crippen molar-refractivity contribution in [3.8, 4) is 0 Å². The predicted molar refractivity (Wildman–Crippen MR) is 96.6 cm³/mol. The van der Waals surface area contributed by atoms with Crippen LogP contribution in [0.1, 0.15) is 25.5 Å². The Hall–Kier alpha value is -1.01. The van der Waals surface area contributed by atoms with Crippen molar-refractivity contribution in [2.45, 2.75) is 26.3 Å². The van der Waals surface area contributed by atoms with E-state index in [1.54, 1.807) is 0 Å². The van der Waals surface area contributed by atoms with Gasteiger partial charge in [0.25, 0.3) is 0 Å². The highest BCUT2D eigenvalue weighted by Gasteiger charge is 2.09. The van der Waals surface area contributed by atoms with Crippen LogP contribution in [0.2, 0.25) is 0 Å². The van der Waals surface area contributed by atoms with Gasteiger partial charge < -0.3 is 15.5 Å². The lowest BCUT2D eigenvalue weighted by molar-refractivity contribution is 0.234. The Labute approximate surface area is 141 Å². The van der Waals surface area contributed by atoms with Gasteiger partial charge in [0, 0.05) is 65.1 Å². The second-order valence-electron chi connectivity index (χ2n) is 6.29. The molecule has 0 saturated carbocycles. The Kier molecular flexibility index (Phi) is 9.18. The molecule has 2 heterocycles. The van der Waals surface area contributed by atoms with Crippen molar-refractivity contribution in [2.24, 2.45) is 0 Å². The fraction of sp³-hybridized carbons (Fsp3) is 0.722. The molecular weight excluding hydrogens is 286 g/mol. The van der Waals surface area contributed by atoms with Crippen LogP contribution in [0.5, 0.6) is 0 Å². The second kappa shape index (κ2) is 11.5. The Morgan fingerprint density at radius 1 is 0.957 bits per heavy atom. The molecule has 5 heteroatoms. The molecule has 5 nitrogen and oxygen atoms in total. The largest absolute Gasteiger partial charge is 0.314 e. The lowest BCUT2D eigenvalue weighted by Gasteiger charge is -2.26. The van der Waals surface area contributed by atoms with E-state index < -0.39 is 0 Å². The van der Waals surface area contributed by atoms with Gasteiger partial charge in [0.1, 0.15) is 0 Å². The Morgan fingerprint density at radius 3 is 2.17 bits per heavy atom. The molecule has 130 valence electrons. The molecule has 0 aliphatic carbocycles. The molecule has 1 saturated heterocycles. The molecule has 0 unspecified atom stereocenters. The van der Waals surface area contributed by atoms with Gasteiger partial charge in [0.2, 0.25) is 0 Å². The van der Waals surface area contributed by atoms with Crippen LogP contribution in [0, 0.1) is 0 Å². The maximum absolute atomic E-state index is 4.45. The molecule has 0 atom stereocenters. The van der Waals surface area contributed by atoms with E-state index in [0.717, 1.165) is 64.6 Å². The van der Waals surface area contributed by atoms with E-state index >= 15 is 0 Å². The van der Waals surface area contributed by atoms with E-state index in [0.29, 0.717) is 0 Å². The van der Waals surface area contributed by atoms with Crippen LogP contribution in [0.4, 0.5) is 0 Å². The highest BCUT2D eigenvalue weighted by atomic mass is 15.2. The number of nitrogens with zero attached hydrogens (tertiary/aromatic N) is 3. The summed E-state index contributed by atoms with van der Waals surface area (Å²) in [5.74, 6) is 0. The molecule has 1 aromatic rings. The Bertz CT molecular complexity index is 384. The van der Waals surface area contributed by atoms with Crippen LogP contribution in [-0.4, -0.2) is 73.7 Å². The summed E-state index contributed by atoms with van der Waals surface area (Å²) >= 11 is 0. The molecule has 0 aromatic carbocycles. The molecule has 1 aromatic heterocycles. The summed E-state index contributed by atoms with van der Waals surface area (Å²) in [6, 6.07) is 6.16. The third-order valence-electron chi connectivity index (χ3n) is 4.36. The van der Waals surface area contributed by atoms with E-state index in [2.05, 4.69) is 44.5 Å². The van der Waals surface area contributed by atoms with Crippen molar-refractivity contribution >= 4 is 0 Å². The van der Waals surface area contributed by atoms with Gasteiger partial charge in [-0.15, -0.1) is 0 Å². The van der Waals surface area contributed by atoms with Gasteiger partial charge in [0.05, 0.1) is 5.69 Å². The fourth-order valence-corrected chi connectivity index (χ4v) is 2.91. The molecule has 0 amide bonds. The van der Waals surface area contributed by atoms with Gasteiger partial charge in [-0.1, -0.05) is 19.4 Å². The van der Waals surface area contributed by atoms with Gasteiger partial charge in [-0.25, -0.2) is 0 Å². The first-order chi connectivity index (χ1) is 11.4. The first-order valence-electron chi connectivity index (χ1n) is 9.14. The predicted octanol–water partition coefficient (Wildman–Crippen LogP) is 1.18. The van der Waals surface area contributed by atoms with E-state index in [4.69, 9.17) is 0 Å². The molecule has 2 rings (SSSR count). The average molecular weight is 319 g/mol. The fourth-order valence-electron chi connectivity index (χ4n) is 2.91. The first kappa shape index (κ1) is 18.3. The van der Waals surface area contributed by atoms with Crippen LogP contribution in [-0.2, 0) is 6.54 Å². The minimum atomic E-state index is 0.937. The third-order valence-corrected chi connectivity index (χ3v) is 4.36. The van der Waals surface area contributed by atoms with Crippen molar-refractivity contribution in [1.29, 1.82) is 0 Å².